The van der Waals surface area contributed by atoms with Crippen molar-refractivity contribution < 1.29 is 23.5 Å². The Hall–Kier alpha value is -1.99. The number of aryl methyl sites for hydroxylation is 1. The van der Waals surface area contributed by atoms with E-state index in [1.165, 1.54) is 18.6 Å². The van der Waals surface area contributed by atoms with E-state index >= 15 is 0 Å². The Labute approximate surface area is 146 Å². The monoisotopic (exact) mass is 350 g/mol. The Balaban J connectivity index is 1.46. The molecule has 1 saturated carbocycles. The van der Waals surface area contributed by atoms with Gasteiger partial charge >= 0.3 is 11.8 Å². The fourth-order valence-corrected chi connectivity index (χ4v) is 3.22. The normalized spacial score (nSPS) is 21.9. The Morgan fingerprint density at radius 1 is 1.24 bits per heavy atom. The van der Waals surface area contributed by atoms with Crippen LogP contribution in [0.3, 0.4) is 0 Å². The third-order valence-corrected chi connectivity index (χ3v) is 4.66. The van der Waals surface area contributed by atoms with E-state index in [1.807, 2.05) is 0 Å². The topological polar surface area (TPSA) is 76.7 Å². The Bertz CT molecular complexity index is 658. The van der Waals surface area contributed by atoms with E-state index in [0.29, 0.717) is 12.2 Å². The number of hydrogen-bond donors (Lipinski definition) is 2. The van der Waals surface area contributed by atoms with Crippen molar-refractivity contribution in [3.8, 4) is 0 Å². The van der Waals surface area contributed by atoms with Gasteiger partial charge in [-0.15, -0.1) is 0 Å². The van der Waals surface area contributed by atoms with E-state index in [0.717, 1.165) is 25.7 Å². The summed E-state index contributed by atoms with van der Waals surface area (Å²) in [5, 5.41) is 4.92. The van der Waals surface area contributed by atoms with Crippen molar-refractivity contribution >= 4 is 17.5 Å². The molecule has 2 amide bonds. The van der Waals surface area contributed by atoms with E-state index in [2.05, 4.69) is 10.6 Å². The molecular weight excluding hydrogens is 327 g/mol. The maximum absolute atomic E-state index is 13.5. The number of amides is 2. The molecule has 1 aliphatic carbocycles. The Morgan fingerprint density at radius 3 is 2.72 bits per heavy atom. The van der Waals surface area contributed by atoms with Crippen LogP contribution in [0.2, 0.25) is 0 Å². The molecule has 1 aromatic carbocycles. The van der Waals surface area contributed by atoms with Gasteiger partial charge in [0.25, 0.3) is 0 Å². The van der Waals surface area contributed by atoms with Crippen molar-refractivity contribution in [2.24, 2.45) is 0 Å². The minimum atomic E-state index is -0.838. The summed E-state index contributed by atoms with van der Waals surface area (Å²) < 4.78 is 25.2. The van der Waals surface area contributed by atoms with Gasteiger partial charge in [-0.25, -0.2) is 4.39 Å². The molecule has 0 bridgehead atoms. The molecule has 1 heterocycles. The van der Waals surface area contributed by atoms with Crippen LogP contribution < -0.4 is 10.6 Å². The average molecular weight is 350 g/mol. The highest BCUT2D eigenvalue weighted by atomic mass is 19.1. The number of nitrogens with one attached hydrogen (secondary N) is 2. The maximum Gasteiger partial charge on any atom is 0.313 e. The van der Waals surface area contributed by atoms with Crippen molar-refractivity contribution in [3.05, 3.63) is 29.6 Å². The molecule has 2 fully saturated rings. The number of benzene rings is 1. The number of carbonyl (C=O) groups is 2. The summed E-state index contributed by atoms with van der Waals surface area (Å²) in [4.78, 5) is 23.8. The molecule has 6 nitrogen and oxygen atoms in total. The van der Waals surface area contributed by atoms with E-state index in [1.54, 1.807) is 13.0 Å². The van der Waals surface area contributed by atoms with Crippen LogP contribution in [0.1, 0.15) is 37.7 Å². The van der Waals surface area contributed by atoms with E-state index in [9.17, 15) is 14.0 Å². The van der Waals surface area contributed by atoms with Gasteiger partial charge in [-0.2, -0.15) is 0 Å². The zero-order chi connectivity index (χ0) is 17.9. The number of anilines is 1. The quantitative estimate of drug-likeness (QED) is 0.820. The second-order valence-corrected chi connectivity index (χ2v) is 6.65. The van der Waals surface area contributed by atoms with Crippen LogP contribution in [0, 0.1) is 12.7 Å². The molecule has 3 rings (SSSR count). The number of halogens is 1. The molecule has 2 aliphatic rings. The standard InChI is InChI=1S/C18H23FN2O4/c1-12-5-6-13(9-15(12)19)21-17(23)16(22)20-10-14-11-24-18(25-14)7-3-2-4-8-18/h5-6,9,14H,2-4,7-8,10-11H2,1H3,(H,20,22)(H,21,23). The molecule has 0 radical (unpaired) electrons. The Morgan fingerprint density at radius 2 is 2.00 bits per heavy atom. The minimum absolute atomic E-state index is 0.205. The summed E-state index contributed by atoms with van der Waals surface area (Å²) in [7, 11) is 0. The molecule has 0 aromatic heterocycles. The first-order valence-corrected chi connectivity index (χ1v) is 8.65. The van der Waals surface area contributed by atoms with Crippen LogP contribution >= 0.6 is 0 Å². The summed E-state index contributed by atoms with van der Waals surface area (Å²) >= 11 is 0. The van der Waals surface area contributed by atoms with Crippen molar-refractivity contribution in [1.82, 2.24) is 5.32 Å². The molecule has 136 valence electrons. The second-order valence-electron chi connectivity index (χ2n) is 6.65. The van der Waals surface area contributed by atoms with Crippen molar-refractivity contribution in [1.29, 1.82) is 0 Å². The van der Waals surface area contributed by atoms with E-state index in [-0.39, 0.29) is 18.3 Å². The smallest absolute Gasteiger partial charge is 0.313 e. The van der Waals surface area contributed by atoms with Crippen LogP contribution in [0.5, 0.6) is 0 Å². The summed E-state index contributed by atoms with van der Waals surface area (Å²) in [5.74, 6) is -2.56. The molecule has 1 unspecified atom stereocenters. The highest BCUT2D eigenvalue weighted by Crippen LogP contribution is 2.37. The van der Waals surface area contributed by atoms with Crippen molar-refractivity contribution in [3.63, 3.8) is 0 Å². The number of carbonyl (C=O) groups excluding carboxylic acids is 2. The van der Waals surface area contributed by atoms with Gasteiger partial charge < -0.3 is 20.1 Å². The lowest BCUT2D eigenvalue weighted by Crippen LogP contribution is -2.41. The molecule has 1 spiro atoms. The predicted octanol–water partition coefficient (Wildman–Crippen LogP) is 2.26. The van der Waals surface area contributed by atoms with Gasteiger partial charge in [-0.05, 0) is 37.5 Å². The summed E-state index contributed by atoms with van der Waals surface area (Å²) in [5.41, 5.74) is 0.710. The highest BCUT2D eigenvalue weighted by Gasteiger charge is 2.42. The summed E-state index contributed by atoms with van der Waals surface area (Å²) in [6.07, 6.45) is 4.83. The lowest BCUT2D eigenvalue weighted by atomic mass is 9.94. The third-order valence-electron chi connectivity index (χ3n) is 4.66. The molecule has 1 saturated heterocycles. The van der Waals surface area contributed by atoms with Gasteiger partial charge in [0.15, 0.2) is 5.79 Å². The largest absolute Gasteiger partial charge is 0.347 e. The third kappa shape index (κ3) is 4.35. The van der Waals surface area contributed by atoms with Gasteiger partial charge in [0.1, 0.15) is 11.9 Å². The van der Waals surface area contributed by atoms with Crippen LogP contribution in [0.4, 0.5) is 10.1 Å². The second kappa shape index (κ2) is 7.49. The number of ether oxygens (including phenoxy) is 2. The minimum Gasteiger partial charge on any atom is -0.347 e. The molecular formula is C18H23FN2O4. The maximum atomic E-state index is 13.5. The van der Waals surface area contributed by atoms with Crippen LogP contribution in [0.25, 0.3) is 0 Å². The van der Waals surface area contributed by atoms with E-state index in [4.69, 9.17) is 9.47 Å². The molecule has 1 atom stereocenters. The summed E-state index contributed by atoms with van der Waals surface area (Å²) in [6, 6.07) is 4.27. The lowest BCUT2D eigenvalue weighted by Gasteiger charge is -2.31. The SMILES string of the molecule is Cc1ccc(NC(=O)C(=O)NCC2COC3(CCCCC3)O2)cc1F. The first-order valence-electron chi connectivity index (χ1n) is 8.65. The van der Waals surface area contributed by atoms with Gasteiger partial charge in [0.2, 0.25) is 0 Å². The summed E-state index contributed by atoms with van der Waals surface area (Å²) in [6.45, 7) is 2.23. The molecule has 1 aliphatic heterocycles. The lowest BCUT2D eigenvalue weighted by molar-refractivity contribution is -0.186. The zero-order valence-corrected chi connectivity index (χ0v) is 14.3. The van der Waals surface area contributed by atoms with E-state index < -0.39 is 23.4 Å². The van der Waals surface area contributed by atoms with Gasteiger partial charge in [-0.3, -0.25) is 9.59 Å². The first-order chi connectivity index (χ1) is 12.0. The zero-order valence-electron chi connectivity index (χ0n) is 14.3. The molecule has 25 heavy (non-hydrogen) atoms. The van der Waals surface area contributed by atoms with Gasteiger partial charge in [0, 0.05) is 25.1 Å². The fourth-order valence-electron chi connectivity index (χ4n) is 3.22. The van der Waals surface area contributed by atoms with Gasteiger partial charge in [0.05, 0.1) is 6.61 Å². The van der Waals surface area contributed by atoms with Gasteiger partial charge in [-0.1, -0.05) is 12.5 Å². The molecule has 7 heteroatoms. The van der Waals surface area contributed by atoms with Crippen molar-refractivity contribution in [2.45, 2.75) is 50.9 Å². The first kappa shape index (κ1) is 17.8. The molecule has 1 aromatic rings. The van der Waals surface area contributed by atoms with Crippen LogP contribution in [-0.2, 0) is 19.1 Å². The van der Waals surface area contributed by atoms with Crippen LogP contribution in [-0.4, -0.2) is 36.9 Å². The average Bonchev–Trinajstić information content (AvgIpc) is 2.99. The number of rotatable bonds is 3. The molecule has 2 N–H and O–H groups in total. The Kier molecular flexibility index (Phi) is 5.34. The van der Waals surface area contributed by atoms with Crippen LogP contribution in [0.15, 0.2) is 18.2 Å². The highest BCUT2D eigenvalue weighted by molar-refractivity contribution is 6.39. The number of hydrogen-bond acceptors (Lipinski definition) is 4. The van der Waals surface area contributed by atoms with Crippen molar-refractivity contribution in [2.75, 3.05) is 18.5 Å². The fraction of sp³-hybridized carbons (Fsp3) is 0.556. The predicted molar refractivity (Wildman–Crippen MR) is 89.4 cm³/mol.